The minimum atomic E-state index is -4.65. The lowest BCUT2D eigenvalue weighted by molar-refractivity contribution is -0.384. The van der Waals surface area contributed by atoms with Crippen LogP contribution in [-0.4, -0.2) is 10.7 Å². The Morgan fingerprint density at radius 1 is 1.18 bits per heavy atom. The summed E-state index contributed by atoms with van der Waals surface area (Å²) in [5.74, 6) is -1.34. The van der Waals surface area contributed by atoms with E-state index in [0.29, 0.717) is 24.1 Å². The minimum Gasteiger partial charge on any atom is -0.384 e. The predicted octanol–water partition coefficient (Wildman–Crippen LogP) is 5.57. The zero-order valence-corrected chi connectivity index (χ0v) is 18.2. The van der Waals surface area contributed by atoms with E-state index in [1.165, 1.54) is 29.2 Å². The third-order valence-corrected chi connectivity index (χ3v) is 6.18. The minimum absolute atomic E-state index is 0.0353. The molecule has 0 bridgehead atoms. The van der Waals surface area contributed by atoms with Crippen molar-refractivity contribution in [3.05, 3.63) is 91.4 Å². The second kappa shape index (κ2) is 8.50. The Hall–Kier alpha value is -3.84. The van der Waals surface area contributed by atoms with Gasteiger partial charge in [0.25, 0.3) is 5.69 Å². The molecule has 34 heavy (non-hydrogen) atoms. The van der Waals surface area contributed by atoms with E-state index >= 15 is 0 Å². The topological polar surface area (TPSA) is 113 Å². The highest BCUT2D eigenvalue weighted by atomic mass is 35.5. The van der Waals surface area contributed by atoms with Crippen molar-refractivity contribution in [1.82, 2.24) is 0 Å². The average Bonchev–Trinajstić information content (AvgIpc) is 2.78. The highest BCUT2D eigenvalue weighted by molar-refractivity contribution is 6.33. The maximum Gasteiger partial charge on any atom is 0.416 e. The first-order valence-electron chi connectivity index (χ1n) is 10.1. The number of hydrogen-bond donors (Lipinski definition) is 1. The number of benzene rings is 2. The summed E-state index contributed by atoms with van der Waals surface area (Å²) in [4.78, 5) is 24.8. The summed E-state index contributed by atoms with van der Waals surface area (Å²) in [6.45, 7) is 0. The molecule has 1 heterocycles. The molecule has 0 aromatic heterocycles. The van der Waals surface area contributed by atoms with Crippen molar-refractivity contribution >= 4 is 28.8 Å². The standard InChI is InChI=1S/C23H16ClF3N4O3/c24-16-9-6-13(23(25,26)27)10-18(16)30-17-2-1-3-19(32)21(17)20(15(11-28)22(30)29)12-4-7-14(8-5-12)31(33)34/h4-10,20H,1-3,29H2. The molecule has 7 nitrogen and oxygen atoms in total. The Bertz CT molecular complexity index is 1310. The summed E-state index contributed by atoms with van der Waals surface area (Å²) in [5, 5.41) is 21.0. The Morgan fingerprint density at radius 3 is 2.44 bits per heavy atom. The molecular formula is C23H16ClF3N4O3. The Labute approximate surface area is 196 Å². The highest BCUT2D eigenvalue weighted by Gasteiger charge is 2.41. The van der Waals surface area contributed by atoms with E-state index < -0.39 is 22.6 Å². The van der Waals surface area contributed by atoms with E-state index in [1.807, 2.05) is 6.07 Å². The maximum absolute atomic E-state index is 13.4. The second-order valence-electron chi connectivity index (χ2n) is 7.83. The number of allylic oxidation sites excluding steroid dienone is 3. The van der Waals surface area contributed by atoms with Gasteiger partial charge >= 0.3 is 6.18 Å². The number of non-ortho nitro benzene ring substituents is 1. The SMILES string of the molecule is N#CC1=C(N)N(c2cc(C(F)(F)F)ccc2Cl)C2=C(C(=O)CCC2)C1c1ccc([N+](=O)[O-])cc1. The molecule has 2 aromatic rings. The molecule has 11 heteroatoms. The molecule has 0 spiro atoms. The molecule has 0 saturated carbocycles. The van der Waals surface area contributed by atoms with E-state index in [-0.39, 0.29) is 45.6 Å². The zero-order chi connectivity index (χ0) is 24.8. The molecule has 1 atom stereocenters. The maximum atomic E-state index is 13.4. The van der Waals surface area contributed by atoms with Gasteiger partial charge in [0, 0.05) is 29.8 Å². The number of halogens is 4. The van der Waals surface area contributed by atoms with Gasteiger partial charge in [-0.15, -0.1) is 0 Å². The number of rotatable bonds is 3. The summed E-state index contributed by atoms with van der Waals surface area (Å²) in [5.41, 5.74) is 6.08. The smallest absolute Gasteiger partial charge is 0.384 e. The number of anilines is 1. The fraction of sp³-hybridized carbons (Fsp3) is 0.217. The van der Waals surface area contributed by atoms with Crippen molar-refractivity contribution in [2.45, 2.75) is 31.4 Å². The third-order valence-electron chi connectivity index (χ3n) is 5.86. The van der Waals surface area contributed by atoms with Crippen molar-refractivity contribution in [3.63, 3.8) is 0 Å². The van der Waals surface area contributed by atoms with Gasteiger partial charge in [0.2, 0.25) is 0 Å². The summed E-state index contributed by atoms with van der Waals surface area (Å²) in [6, 6.07) is 10.1. The first-order chi connectivity index (χ1) is 16.0. The number of alkyl halides is 3. The van der Waals surface area contributed by atoms with Crippen molar-refractivity contribution < 1.29 is 22.9 Å². The number of ketones is 1. The van der Waals surface area contributed by atoms with Crippen molar-refractivity contribution in [2.24, 2.45) is 5.73 Å². The van der Waals surface area contributed by atoms with Crippen molar-refractivity contribution in [2.75, 3.05) is 4.90 Å². The number of Topliss-reactive ketones (excluding diaryl/α,β-unsaturated/α-hetero) is 1. The quantitative estimate of drug-likeness (QED) is 0.446. The highest BCUT2D eigenvalue weighted by Crippen LogP contribution is 2.48. The number of carbonyl (C=O) groups excluding carboxylic acids is 1. The normalized spacial score (nSPS) is 18.6. The van der Waals surface area contributed by atoms with Crippen LogP contribution >= 0.6 is 11.6 Å². The van der Waals surface area contributed by atoms with Gasteiger partial charge < -0.3 is 5.73 Å². The number of nitro groups is 1. The van der Waals surface area contributed by atoms with E-state index in [9.17, 15) is 33.3 Å². The Balaban J connectivity index is 1.96. The Kier molecular flexibility index (Phi) is 5.83. The fourth-order valence-corrected chi connectivity index (χ4v) is 4.55. The lowest BCUT2D eigenvalue weighted by Crippen LogP contribution is -2.39. The molecule has 0 radical (unpaired) electrons. The molecule has 0 amide bonds. The van der Waals surface area contributed by atoms with Gasteiger partial charge in [-0.2, -0.15) is 18.4 Å². The molecule has 174 valence electrons. The number of nitro benzene ring substituents is 1. The van der Waals surface area contributed by atoms with Crippen LogP contribution in [0, 0.1) is 21.4 Å². The van der Waals surface area contributed by atoms with Gasteiger partial charge in [-0.25, -0.2) is 0 Å². The lowest BCUT2D eigenvalue weighted by Gasteiger charge is -2.40. The van der Waals surface area contributed by atoms with Gasteiger partial charge in [-0.1, -0.05) is 23.7 Å². The molecule has 2 N–H and O–H groups in total. The van der Waals surface area contributed by atoms with Crippen molar-refractivity contribution in [1.29, 1.82) is 5.26 Å². The summed E-state index contributed by atoms with van der Waals surface area (Å²) in [6.07, 6.45) is -3.71. The number of carbonyl (C=O) groups is 1. The number of nitriles is 1. The zero-order valence-electron chi connectivity index (χ0n) is 17.4. The largest absolute Gasteiger partial charge is 0.416 e. The molecule has 1 aliphatic carbocycles. The summed E-state index contributed by atoms with van der Waals surface area (Å²) >= 11 is 6.26. The van der Waals surface area contributed by atoms with Crippen LogP contribution in [0.4, 0.5) is 24.5 Å². The van der Waals surface area contributed by atoms with Crippen LogP contribution in [0.5, 0.6) is 0 Å². The molecule has 4 rings (SSSR count). The van der Waals surface area contributed by atoms with Gasteiger partial charge in [0.05, 0.1) is 38.8 Å². The summed E-state index contributed by atoms with van der Waals surface area (Å²) in [7, 11) is 0. The van der Waals surface area contributed by atoms with Crippen molar-refractivity contribution in [3.8, 4) is 6.07 Å². The van der Waals surface area contributed by atoms with Crippen LogP contribution in [0.2, 0.25) is 5.02 Å². The van der Waals surface area contributed by atoms with Crippen LogP contribution in [0.15, 0.2) is 65.1 Å². The van der Waals surface area contributed by atoms with Crippen LogP contribution in [0.1, 0.15) is 36.3 Å². The van der Waals surface area contributed by atoms with Gasteiger partial charge in [-0.05, 0) is 36.6 Å². The predicted molar refractivity (Wildman–Crippen MR) is 117 cm³/mol. The fourth-order valence-electron chi connectivity index (χ4n) is 4.34. The van der Waals surface area contributed by atoms with Gasteiger partial charge in [0.15, 0.2) is 5.78 Å². The van der Waals surface area contributed by atoms with Crippen LogP contribution < -0.4 is 10.6 Å². The van der Waals surface area contributed by atoms with Gasteiger partial charge in [0.1, 0.15) is 5.82 Å². The van der Waals surface area contributed by atoms with E-state index in [2.05, 4.69) is 0 Å². The molecular weight excluding hydrogens is 473 g/mol. The molecule has 1 aliphatic heterocycles. The molecule has 1 unspecified atom stereocenters. The van der Waals surface area contributed by atoms with Gasteiger partial charge in [-0.3, -0.25) is 19.8 Å². The number of nitrogens with two attached hydrogens (primary N) is 1. The molecule has 2 aromatic carbocycles. The average molecular weight is 489 g/mol. The first kappa shape index (κ1) is 23.3. The van der Waals surface area contributed by atoms with E-state index in [0.717, 1.165) is 18.2 Å². The Morgan fingerprint density at radius 2 is 1.85 bits per heavy atom. The van der Waals surface area contributed by atoms with Crippen LogP contribution in [-0.2, 0) is 11.0 Å². The van der Waals surface area contributed by atoms with E-state index in [4.69, 9.17) is 17.3 Å². The number of hydrogen-bond acceptors (Lipinski definition) is 6. The molecule has 2 aliphatic rings. The van der Waals surface area contributed by atoms with Crippen LogP contribution in [0.3, 0.4) is 0 Å². The molecule has 0 saturated heterocycles. The third kappa shape index (κ3) is 3.88. The van der Waals surface area contributed by atoms with E-state index in [1.54, 1.807) is 0 Å². The summed E-state index contributed by atoms with van der Waals surface area (Å²) < 4.78 is 40.2. The first-order valence-corrected chi connectivity index (χ1v) is 10.5. The second-order valence-corrected chi connectivity index (χ2v) is 8.24. The molecule has 0 fully saturated rings. The lowest BCUT2D eigenvalue weighted by atomic mass is 9.75. The van der Waals surface area contributed by atoms with Crippen LogP contribution in [0.25, 0.3) is 0 Å². The monoisotopic (exact) mass is 488 g/mol. The number of nitrogens with zero attached hydrogens (tertiary/aromatic N) is 3.